The van der Waals surface area contributed by atoms with E-state index < -0.39 is 0 Å². The van der Waals surface area contributed by atoms with Crippen LogP contribution in [0.25, 0.3) is 0 Å². The maximum absolute atomic E-state index is 5.91. The summed E-state index contributed by atoms with van der Waals surface area (Å²) >= 11 is 0. The molecule has 21 heavy (non-hydrogen) atoms. The molecule has 0 atom stereocenters. The summed E-state index contributed by atoms with van der Waals surface area (Å²) in [6.45, 7) is 10.1. The van der Waals surface area contributed by atoms with E-state index in [9.17, 15) is 0 Å². The van der Waals surface area contributed by atoms with Crippen LogP contribution in [0.2, 0.25) is 0 Å². The lowest BCUT2D eigenvalue weighted by atomic mass is 9.87. The largest absolute Gasteiger partial charge is 0.489 e. The van der Waals surface area contributed by atoms with Crippen molar-refractivity contribution in [1.29, 1.82) is 0 Å². The Labute approximate surface area is 127 Å². The molecule has 0 saturated carbocycles. The second-order valence-electron chi connectivity index (χ2n) is 6.15. The minimum atomic E-state index is 0.133. The second-order valence-corrected chi connectivity index (χ2v) is 6.15. The molecule has 3 nitrogen and oxygen atoms in total. The molecule has 0 spiro atoms. The topological polar surface area (TPSA) is 34.1 Å². The number of nitrogens with zero attached hydrogens (tertiary/aromatic N) is 1. The fourth-order valence-electron chi connectivity index (χ4n) is 2.06. The van der Waals surface area contributed by atoms with E-state index in [1.165, 1.54) is 5.56 Å². The highest BCUT2D eigenvalue weighted by molar-refractivity contribution is 5.37. The molecule has 0 fully saturated rings. The van der Waals surface area contributed by atoms with Gasteiger partial charge in [0.15, 0.2) is 0 Å². The summed E-state index contributed by atoms with van der Waals surface area (Å²) in [5, 5.41) is 3.21. The maximum Gasteiger partial charge on any atom is 0.126 e. The zero-order chi connectivity index (χ0) is 15.3. The second kappa shape index (κ2) is 6.61. The molecule has 0 aliphatic rings. The third-order valence-electron chi connectivity index (χ3n) is 3.29. The summed E-state index contributed by atoms with van der Waals surface area (Å²) < 4.78 is 5.91. The molecule has 1 N–H and O–H groups in total. The Morgan fingerprint density at radius 2 is 1.95 bits per heavy atom. The first kappa shape index (κ1) is 15.4. The van der Waals surface area contributed by atoms with Gasteiger partial charge in [-0.25, -0.2) is 4.98 Å². The maximum atomic E-state index is 5.91. The van der Waals surface area contributed by atoms with Gasteiger partial charge in [-0.1, -0.05) is 32.9 Å². The first-order chi connectivity index (χ1) is 9.99. The molecule has 0 unspecified atom stereocenters. The molecule has 3 heteroatoms. The van der Waals surface area contributed by atoms with Crippen molar-refractivity contribution in [2.24, 2.45) is 0 Å². The quantitative estimate of drug-likeness (QED) is 0.884. The van der Waals surface area contributed by atoms with Gasteiger partial charge in [0.25, 0.3) is 0 Å². The Balaban J connectivity index is 2.04. The van der Waals surface area contributed by atoms with Crippen molar-refractivity contribution < 1.29 is 4.74 Å². The Kier molecular flexibility index (Phi) is 4.84. The molecule has 0 aliphatic heterocycles. The summed E-state index contributed by atoms with van der Waals surface area (Å²) in [7, 11) is 0. The molecule has 1 aromatic carbocycles. The van der Waals surface area contributed by atoms with Crippen molar-refractivity contribution in [3.63, 3.8) is 0 Å². The number of ether oxygens (including phenoxy) is 1. The van der Waals surface area contributed by atoms with Crippen LogP contribution in [0.4, 0.5) is 5.82 Å². The van der Waals surface area contributed by atoms with Crippen LogP contribution in [0.15, 0.2) is 42.6 Å². The Bertz CT molecular complexity index is 588. The van der Waals surface area contributed by atoms with Gasteiger partial charge in [-0.3, -0.25) is 0 Å². The number of benzene rings is 1. The van der Waals surface area contributed by atoms with Crippen LogP contribution in [-0.2, 0) is 12.0 Å². The predicted molar refractivity (Wildman–Crippen MR) is 87.9 cm³/mol. The summed E-state index contributed by atoms with van der Waals surface area (Å²) in [5.74, 6) is 1.80. The fraction of sp³-hybridized carbons (Fsp3) is 0.389. The SMILES string of the molecule is CCNc1cc(COc2cccc(C(C)(C)C)c2)ccn1. The van der Waals surface area contributed by atoms with Crippen LogP contribution in [-0.4, -0.2) is 11.5 Å². The molecular weight excluding hydrogens is 260 g/mol. The smallest absolute Gasteiger partial charge is 0.126 e. The van der Waals surface area contributed by atoms with E-state index in [-0.39, 0.29) is 5.41 Å². The van der Waals surface area contributed by atoms with Crippen LogP contribution in [0, 0.1) is 0 Å². The predicted octanol–water partition coefficient (Wildman–Crippen LogP) is 4.39. The van der Waals surface area contributed by atoms with Gasteiger partial charge in [0.2, 0.25) is 0 Å². The lowest BCUT2D eigenvalue weighted by Gasteiger charge is -2.19. The van der Waals surface area contributed by atoms with Gasteiger partial charge in [-0.2, -0.15) is 0 Å². The van der Waals surface area contributed by atoms with Crippen molar-refractivity contribution in [3.05, 3.63) is 53.7 Å². The molecule has 0 radical (unpaired) electrons. The first-order valence-corrected chi connectivity index (χ1v) is 7.41. The van der Waals surface area contributed by atoms with E-state index in [0.717, 1.165) is 23.7 Å². The summed E-state index contributed by atoms with van der Waals surface area (Å²) in [6.07, 6.45) is 1.81. The molecular formula is C18H24N2O. The number of nitrogens with one attached hydrogen (secondary N) is 1. The van der Waals surface area contributed by atoms with E-state index >= 15 is 0 Å². The van der Waals surface area contributed by atoms with Gasteiger partial charge >= 0.3 is 0 Å². The monoisotopic (exact) mass is 284 g/mol. The van der Waals surface area contributed by atoms with Crippen molar-refractivity contribution in [2.45, 2.75) is 39.7 Å². The van der Waals surface area contributed by atoms with Gasteiger partial charge < -0.3 is 10.1 Å². The third-order valence-corrected chi connectivity index (χ3v) is 3.29. The van der Waals surface area contributed by atoms with Gasteiger partial charge in [-0.05, 0) is 47.7 Å². The first-order valence-electron chi connectivity index (χ1n) is 7.41. The summed E-state index contributed by atoms with van der Waals surface area (Å²) in [4.78, 5) is 4.26. The molecule has 1 aromatic heterocycles. The number of aromatic nitrogens is 1. The number of anilines is 1. The normalized spacial score (nSPS) is 11.2. The van der Waals surface area contributed by atoms with Crippen molar-refractivity contribution in [2.75, 3.05) is 11.9 Å². The Morgan fingerprint density at radius 3 is 2.67 bits per heavy atom. The molecule has 1 heterocycles. The molecule has 0 saturated heterocycles. The van der Waals surface area contributed by atoms with Crippen LogP contribution in [0.5, 0.6) is 5.75 Å². The average Bonchev–Trinajstić information content (AvgIpc) is 2.45. The number of hydrogen-bond donors (Lipinski definition) is 1. The van der Waals surface area contributed by atoms with E-state index in [1.54, 1.807) is 0 Å². The van der Waals surface area contributed by atoms with E-state index in [0.29, 0.717) is 6.61 Å². The summed E-state index contributed by atoms with van der Waals surface area (Å²) in [6, 6.07) is 12.3. The molecule has 0 bridgehead atoms. The lowest BCUT2D eigenvalue weighted by molar-refractivity contribution is 0.305. The summed E-state index contributed by atoms with van der Waals surface area (Å²) in [5.41, 5.74) is 2.53. The minimum Gasteiger partial charge on any atom is -0.489 e. The molecule has 2 aromatic rings. The van der Waals surface area contributed by atoms with Gasteiger partial charge in [0.05, 0.1) is 0 Å². The Hall–Kier alpha value is -2.03. The Morgan fingerprint density at radius 1 is 1.14 bits per heavy atom. The van der Waals surface area contributed by atoms with Gasteiger partial charge in [0, 0.05) is 12.7 Å². The highest BCUT2D eigenvalue weighted by Gasteiger charge is 2.13. The van der Waals surface area contributed by atoms with Crippen LogP contribution < -0.4 is 10.1 Å². The molecule has 112 valence electrons. The third kappa shape index (κ3) is 4.48. The zero-order valence-electron chi connectivity index (χ0n) is 13.3. The number of hydrogen-bond acceptors (Lipinski definition) is 3. The average molecular weight is 284 g/mol. The van der Waals surface area contributed by atoms with E-state index in [2.05, 4.69) is 50.1 Å². The lowest BCUT2D eigenvalue weighted by Crippen LogP contribution is -2.11. The van der Waals surface area contributed by atoms with Crippen molar-refractivity contribution in [3.8, 4) is 5.75 Å². The molecule has 0 aliphatic carbocycles. The fourth-order valence-corrected chi connectivity index (χ4v) is 2.06. The highest BCUT2D eigenvalue weighted by Crippen LogP contribution is 2.26. The standard InChI is InChI=1S/C18H24N2O/c1-5-19-17-11-14(9-10-20-17)13-21-16-8-6-7-15(12-16)18(2,3)4/h6-12H,5,13H2,1-4H3,(H,19,20). The minimum absolute atomic E-state index is 0.133. The van der Waals surface area contributed by atoms with E-state index in [1.807, 2.05) is 30.5 Å². The van der Waals surface area contributed by atoms with Crippen LogP contribution >= 0.6 is 0 Å². The van der Waals surface area contributed by atoms with Gasteiger partial charge in [-0.15, -0.1) is 0 Å². The van der Waals surface area contributed by atoms with Crippen molar-refractivity contribution >= 4 is 5.82 Å². The van der Waals surface area contributed by atoms with Crippen LogP contribution in [0.1, 0.15) is 38.8 Å². The zero-order valence-corrected chi connectivity index (χ0v) is 13.3. The molecule has 2 rings (SSSR count). The van der Waals surface area contributed by atoms with Crippen LogP contribution in [0.3, 0.4) is 0 Å². The number of pyridine rings is 1. The van der Waals surface area contributed by atoms with E-state index in [4.69, 9.17) is 4.74 Å². The van der Waals surface area contributed by atoms with Gasteiger partial charge in [0.1, 0.15) is 18.2 Å². The van der Waals surface area contributed by atoms with Crippen molar-refractivity contribution in [1.82, 2.24) is 4.98 Å². The molecule has 0 amide bonds. The highest BCUT2D eigenvalue weighted by atomic mass is 16.5. The number of rotatable bonds is 5.